The third kappa shape index (κ3) is 4.35. The van der Waals surface area contributed by atoms with E-state index in [-0.39, 0.29) is 17.2 Å². The Hall–Kier alpha value is -1.36. The monoisotopic (exact) mass is 282 g/mol. The van der Waals surface area contributed by atoms with Gasteiger partial charge in [-0.2, -0.15) is 0 Å². The summed E-state index contributed by atoms with van der Waals surface area (Å²) in [6.07, 6.45) is 0.817. The van der Waals surface area contributed by atoms with Crippen molar-refractivity contribution in [3.63, 3.8) is 0 Å². The Labute approximate surface area is 117 Å². The van der Waals surface area contributed by atoms with Gasteiger partial charge in [0.05, 0.1) is 21.4 Å². The number of anilines is 1. The molecule has 5 heteroatoms. The summed E-state index contributed by atoms with van der Waals surface area (Å²) in [5.74, 6) is -0.275. The van der Waals surface area contributed by atoms with Crippen LogP contribution in [0.25, 0.3) is 0 Å². The Bertz CT molecular complexity index is 498. The highest BCUT2D eigenvalue weighted by atomic mass is 32.2. The number of benzene rings is 1. The lowest BCUT2D eigenvalue weighted by molar-refractivity contribution is -0.120. The lowest BCUT2D eigenvalue weighted by Crippen LogP contribution is -2.44. The van der Waals surface area contributed by atoms with E-state index in [1.54, 1.807) is 12.1 Å². The van der Waals surface area contributed by atoms with Crippen LogP contribution in [-0.2, 0) is 15.6 Å². The van der Waals surface area contributed by atoms with Gasteiger partial charge in [-0.15, -0.1) is 0 Å². The highest BCUT2D eigenvalue weighted by Gasteiger charge is 2.20. The number of amides is 1. The second kappa shape index (κ2) is 6.19. The SMILES string of the molecule is CCC(C)(C)NC(=O)CS(=O)c1cccc(C)c1N. The standard InChI is InChI=1S/C14H22N2O2S/c1-5-14(3,4)16-12(17)9-19(18)11-8-6-7-10(2)13(11)15/h6-8H,5,9,15H2,1-4H3,(H,16,17). The molecule has 19 heavy (non-hydrogen) atoms. The van der Waals surface area contributed by atoms with E-state index in [1.807, 2.05) is 33.8 Å². The number of carbonyl (C=O) groups is 1. The van der Waals surface area contributed by atoms with E-state index >= 15 is 0 Å². The van der Waals surface area contributed by atoms with Gasteiger partial charge in [0.1, 0.15) is 5.75 Å². The van der Waals surface area contributed by atoms with Gasteiger partial charge >= 0.3 is 0 Å². The van der Waals surface area contributed by atoms with Crippen molar-refractivity contribution in [3.8, 4) is 0 Å². The van der Waals surface area contributed by atoms with Gasteiger partial charge in [0.25, 0.3) is 0 Å². The molecule has 0 heterocycles. The van der Waals surface area contributed by atoms with Crippen LogP contribution in [0.1, 0.15) is 32.8 Å². The van der Waals surface area contributed by atoms with Gasteiger partial charge in [-0.25, -0.2) is 0 Å². The van der Waals surface area contributed by atoms with Gasteiger partial charge in [-0.1, -0.05) is 19.1 Å². The highest BCUT2D eigenvalue weighted by Crippen LogP contribution is 2.20. The Morgan fingerprint density at radius 2 is 2.05 bits per heavy atom. The Kier molecular flexibility index (Phi) is 5.11. The number of carbonyl (C=O) groups excluding carboxylic acids is 1. The van der Waals surface area contributed by atoms with Gasteiger partial charge in [-0.3, -0.25) is 9.00 Å². The lowest BCUT2D eigenvalue weighted by atomic mass is 10.0. The normalized spacial score (nSPS) is 13.1. The van der Waals surface area contributed by atoms with Crippen molar-refractivity contribution in [3.05, 3.63) is 23.8 Å². The van der Waals surface area contributed by atoms with Crippen LogP contribution in [0.5, 0.6) is 0 Å². The summed E-state index contributed by atoms with van der Waals surface area (Å²) < 4.78 is 12.2. The molecule has 0 aliphatic heterocycles. The van der Waals surface area contributed by atoms with E-state index < -0.39 is 10.8 Å². The summed E-state index contributed by atoms with van der Waals surface area (Å²) >= 11 is 0. The van der Waals surface area contributed by atoms with Crippen LogP contribution < -0.4 is 11.1 Å². The molecule has 0 spiro atoms. The number of hydrogen-bond acceptors (Lipinski definition) is 3. The van der Waals surface area contributed by atoms with Crippen molar-refractivity contribution in [2.24, 2.45) is 0 Å². The third-order valence-corrected chi connectivity index (χ3v) is 4.52. The van der Waals surface area contributed by atoms with E-state index in [0.717, 1.165) is 12.0 Å². The van der Waals surface area contributed by atoms with Crippen LogP contribution in [0, 0.1) is 6.92 Å². The van der Waals surface area contributed by atoms with Crippen molar-refractivity contribution in [2.45, 2.75) is 44.6 Å². The predicted octanol–water partition coefficient (Wildman–Crippen LogP) is 1.99. The minimum absolute atomic E-state index is 0.0584. The molecule has 0 radical (unpaired) electrons. The number of rotatable bonds is 5. The molecular formula is C14H22N2O2S. The first kappa shape index (κ1) is 15.7. The zero-order chi connectivity index (χ0) is 14.6. The summed E-state index contributed by atoms with van der Waals surface area (Å²) in [6.45, 7) is 7.73. The topological polar surface area (TPSA) is 72.2 Å². The van der Waals surface area contributed by atoms with E-state index in [9.17, 15) is 9.00 Å². The first-order valence-electron chi connectivity index (χ1n) is 6.31. The van der Waals surface area contributed by atoms with Crippen LogP contribution in [-0.4, -0.2) is 21.4 Å². The zero-order valence-corrected chi connectivity index (χ0v) is 12.8. The highest BCUT2D eigenvalue weighted by molar-refractivity contribution is 7.86. The summed E-state index contributed by atoms with van der Waals surface area (Å²) in [4.78, 5) is 12.4. The van der Waals surface area contributed by atoms with E-state index in [2.05, 4.69) is 5.32 Å². The average molecular weight is 282 g/mol. The molecule has 1 atom stereocenters. The fourth-order valence-corrected chi connectivity index (χ4v) is 2.65. The first-order chi connectivity index (χ1) is 8.76. The number of nitrogens with two attached hydrogens (primary N) is 1. The Morgan fingerprint density at radius 3 is 2.63 bits per heavy atom. The molecule has 4 nitrogen and oxygen atoms in total. The summed E-state index contributed by atoms with van der Waals surface area (Å²) in [5, 5.41) is 2.87. The molecule has 0 saturated carbocycles. The van der Waals surface area contributed by atoms with Crippen LogP contribution in [0.4, 0.5) is 5.69 Å². The molecule has 1 amide bonds. The maximum atomic E-state index is 12.2. The average Bonchev–Trinajstić information content (AvgIpc) is 2.31. The molecule has 1 aromatic rings. The molecule has 1 rings (SSSR count). The second-order valence-corrected chi connectivity index (χ2v) is 6.68. The molecule has 1 unspecified atom stereocenters. The largest absolute Gasteiger partial charge is 0.398 e. The van der Waals surface area contributed by atoms with Crippen LogP contribution in [0.3, 0.4) is 0 Å². The molecule has 1 aromatic carbocycles. The third-order valence-electron chi connectivity index (χ3n) is 3.15. The summed E-state index contributed by atoms with van der Waals surface area (Å²) in [7, 11) is -1.41. The quantitative estimate of drug-likeness (QED) is 0.811. The number of nitrogens with one attached hydrogen (secondary N) is 1. The lowest BCUT2D eigenvalue weighted by Gasteiger charge is -2.24. The molecule has 0 fully saturated rings. The van der Waals surface area contributed by atoms with Crippen molar-refractivity contribution in [1.82, 2.24) is 5.32 Å². The maximum absolute atomic E-state index is 12.2. The number of aryl methyl sites for hydroxylation is 1. The van der Waals surface area contributed by atoms with E-state index in [4.69, 9.17) is 5.73 Å². The van der Waals surface area contributed by atoms with Gasteiger partial charge < -0.3 is 11.1 Å². The molecule has 0 aliphatic carbocycles. The molecule has 0 saturated heterocycles. The maximum Gasteiger partial charge on any atom is 0.233 e. The fraction of sp³-hybridized carbons (Fsp3) is 0.500. The van der Waals surface area contributed by atoms with Gasteiger partial charge in [0.15, 0.2) is 0 Å². The van der Waals surface area contributed by atoms with Gasteiger partial charge in [0, 0.05) is 5.54 Å². The molecule has 3 N–H and O–H groups in total. The van der Waals surface area contributed by atoms with E-state index in [1.165, 1.54) is 0 Å². The second-order valence-electron chi connectivity index (χ2n) is 5.26. The Morgan fingerprint density at radius 1 is 1.42 bits per heavy atom. The number of para-hydroxylation sites is 1. The molecule has 0 bridgehead atoms. The molecule has 0 aliphatic rings. The smallest absolute Gasteiger partial charge is 0.233 e. The molecule has 106 valence electrons. The molecule has 0 aromatic heterocycles. The summed E-state index contributed by atoms with van der Waals surface area (Å²) in [6, 6.07) is 5.36. The van der Waals surface area contributed by atoms with Crippen molar-refractivity contribution < 1.29 is 9.00 Å². The first-order valence-corrected chi connectivity index (χ1v) is 7.63. The minimum Gasteiger partial charge on any atom is -0.398 e. The van der Waals surface area contributed by atoms with E-state index in [0.29, 0.717) is 10.6 Å². The number of nitrogen functional groups attached to an aromatic ring is 1. The van der Waals surface area contributed by atoms with Crippen LogP contribution in [0.2, 0.25) is 0 Å². The van der Waals surface area contributed by atoms with Crippen LogP contribution in [0.15, 0.2) is 23.1 Å². The van der Waals surface area contributed by atoms with Gasteiger partial charge in [0.2, 0.25) is 5.91 Å². The van der Waals surface area contributed by atoms with Crippen molar-refractivity contribution in [2.75, 3.05) is 11.5 Å². The zero-order valence-electron chi connectivity index (χ0n) is 11.9. The van der Waals surface area contributed by atoms with Crippen LogP contribution >= 0.6 is 0 Å². The van der Waals surface area contributed by atoms with Crippen molar-refractivity contribution >= 4 is 22.4 Å². The van der Waals surface area contributed by atoms with Crippen molar-refractivity contribution in [1.29, 1.82) is 0 Å². The fourth-order valence-electron chi connectivity index (χ4n) is 1.55. The number of hydrogen-bond donors (Lipinski definition) is 2. The summed E-state index contributed by atoms with van der Waals surface area (Å²) in [5.41, 5.74) is 6.99. The molecular weight excluding hydrogens is 260 g/mol. The predicted molar refractivity (Wildman–Crippen MR) is 79.4 cm³/mol. The minimum atomic E-state index is -1.41. The van der Waals surface area contributed by atoms with Gasteiger partial charge in [-0.05, 0) is 38.8 Å². The Balaban J connectivity index is 2.75.